The number of aryl methyl sites for hydroxylation is 1. The molecule has 1 saturated heterocycles. The van der Waals surface area contributed by atoms with E-state index >= 15 is 0 Å². The summed E-state index contributed by atoms with van der Waals surface area (Å²) >= 11 is 1.91. The fourth-order valence-electron chi connectivity index (χ4n) is 2.21. The lowest BCUT2D eigenvalue weighted by Gasteiger charge is -2.23. The van der Waals surface area contributed by atoms with Gasteiger partial charge in [0, 0.05) is 5.69 Å². The van der Waals surface area contributed by atoms with Gasteiger partial charge in [-0.2, -0.15) is 11.8 Å². The van der Waals surface area contributed by atoms with Crippen molar-refractivity contribution >= 4 is 23.4 Å². The molecule has 1 aromatic carbocycles. The molecule has 1 N–H and O–H groups in total. The summed E-state index contributed by atoms with van der Waals surface area (Å²) in [6, 6.07) is 7.80. The summed E-state index contributed by atoms with van der Waals surface area (Å²) in [4.78, 5) is 11.9. The van der Waals surface area contributed by atoms with E-state index in [1.54, 1.807) is 0 Å². The molecule has 0 aromatic heterocycles. The van der Waals surface area contributed by atoms with Gasteiger partial charge < -0.3 is 10.1 Å². The Labute approximate surface area is 112 Å². The highest BCUT2D eigenvalue weighted by atomic mass is 32.2. The Bertz CT molecular complexity index is 416. The average Bonchev–Trinajstić information content (AvgIpc) is 2.90. The van der Waals surface area contributed by atoms with Crippen molar-refractivity contribution in [1.29, 1.82) is 0 Å². The third-order valence-corrected chi connectivity index (χ3v) is 4.54. The van der Waals surface area contributed by atoms with E-state index in [0.717, 1.165) is 29.2 Å². The first-order valence-corrected chi connectivity index (χ1v) is 7.35. The number of thioether (sulfide) groups is 1. The summed E-state index contributed by atoms with van der Waals surface area (Å²) in [6.45, 7) is 2.04. The molecule has 98 valence electrons. The van der Waals surface area contributed by atoms with Gasteiger partial charge in [0.25, 0.3) is 0 Å². The number of benzene rings is 1. The average molecular weight is 265 g/mol. The monoisotopic (exact) mass is 265 g/mol. The maximum Gasteiger partial charge on any atom is 0.328 e. The topological polar surface area (TPSA) is 38.3 Å². The quantitative estimate of drug-likeness (QED) is 0.850. The normalized spacial score (nSPS) is 20.4. The molecule has 1 aliphatic heterocycles. The van der Waals surface area contributed by atoms with Crippen molar-refractivity contribution in [3.63, 3.8) is 0 Å². The molecule has 0 saturated carbocycles. The highest BCUT2D eigenvalue weighted by Gasteiger charge is 2.31. The van der Waals surface area contributed by atoms with Crippen molar-refractivity contribution < 1.29 is 9.53 Å². The zero-order valence-electron chi connectivity index (χ0n) is 10.8. The number of ether oxygens (including phenoxy) is 1. The van der Waals surface area contributed by atoms with Gasteiger partial charge in [0.15, 0.2) is 0 Å². The van der Waals surface area contributed by atoms with Crippen molar-refractivity contribution in [1.82, 2.24) is 0 Å². The molecule has 2 unspecified atom stereocenters. The summed E-state index contributed by atoms with van der Waals surface area (Å²) in [7, 11) is 1.46. The van der Waals surface area contributed by atoms with Crippen LogP contribution in [0.4, 0.5) is 5.69 Å². The number of esters is 1. The zero-order valence-corrected chi connectivity index (χ0v) is 11.6. The predicted molar refractivity (Wildman–Crippen MR) is 76.0 cm³/mol. The number of methoxy groups -OCH3 is 1. The molecule has 1 aromatic rings. The smallest absolute Gasteiger partial charge is 0.328 e. The second-order valence-electron chi connectivity index (χ2n) is 4.58. The molecule has 0 bridgehead atoms. The fraction of sp³-hybridized carbons (Fsp3) is 0.500. The lowest BCUT2D eigenvalue weighted by atomic mass is 9.98. The summed E-state index contributed by atoms with van der Waals surface area (Å²) in [6.07, 6.45) is 1.07. The minimum atomic E-state index is -0.230. The number of hydrogen-bond donors (Lipinski definition) is 1. The standard InChI is InChI=1S/C14H19NO2S/c1-10-5-3-4-6-12(10)15-13(14(16)17-2)11-7-8-18-9-11/h3-6,11,13,15H,7-9H2,1-2H3. The van der Waals surface area contributed by atoms with Crippen LogP contribution in [0.1, 0.15) is 12.0 Å². The minimum Gasteiger partial charge on any atom is -0.467 e. The molecule has 1 aliphatic rings. The Morgan fingerprint density at radius 1 is 1.50 bits per heavy atom. The third kappa shape index (κ3) is 2.99. The molecule has 3 nitrogen and oxygen atoms in total. The molecule has 0 amide bonds. The number of nitrogens with one attached hydrogen (secondary N) is 1. The van der Waals surface area contributed by atoms with Crippen LogP contribution in [-0.2, 0) is 9.53 Å². The second-order valence-corrected chi connectivity index (χ2v) is 5.73. The largest absolute Gasteiger partial charge is 0.467 e. The number of hydrogen-bond acceptors (Lipinski definition) is 4. The Balaban J connectivity index is 2.14. The van der Waals surface area contributed by atoms with E-state index in [0.29, 0.717) is 5.92 Å². The van der Waals surface area contributed by atoms with Gasteiger partial charge >= 0.3 is 5.97 Å². The molecule has 0 radical (unpaired) electrons. The van der Waals surface area contributed by atoms with E-state index in [-0.39, 0.29) is 12.0 Å². The van der Waals surface area contributed by atoms with Crippen molar-refractivity contribution in [2.75, 3.05) is 23.9 Å². The van der Waals surface area contributed by atoms with Gasteiger partial charge in [-0.3, -0.25) is 0 Å². The van der Waals surface area contributed by atoms with Crippen molar-refractivity contribution in [2.24, 2.45) is 5.92 Å². The van der Waals surface area contributed by atoms with Crippen LogP contribution in [-0.4, -0.2) is 30.6 Å². The predicted octanol–water partition coefficient (Wildman–Crippen LogP) is 2.70. The third-order valence-electron chi connectivity index (χ3n) is 3.35. The molecular formula is C14H19NO2S. The first-order valence-electron chi connectivity index (χ1n) is 6.20. The van der Waals surface area contributed by atoms with Crippen molar-refractivity contribution in [2.45, 2.75) is 19.4 Å². The Kier molecular flexibility index (Phi) is 4.53. The lowest BCUT2D eigenvalue weighted by molar-refractivity contribution is -0.142. The molecule has 2 atom stereocenters. The van der Waals surface area contributed by atoms with Crippen LogP contribution in [0.3, 0.4) is 0 Å². The van der Waals surface area contributed by atoms with Crippen molar-refractivity contribution in [3.8, 4) is 0 Å². The van der Waals surface area contributed by atoms with Gasteiger partial charge in [0.1, 0.15) is 6.04 Å². The Morgan fingerprint density at radius 2 is 2.28 bits per heavy atom. The summed E-state index contributed by atoms with van der Waals surface area (Å²) in [5.41, 5.74) is 2.17. The first-order chi connectivity index (χ1) is 8.72. The molecule has 0 spiro atoms. The van der Waals surface area contributed by atoms with Gasteiger partial charge in [-0.05, 0) is 42.4 Å². The molecule has 1 heterocycles. The maximum atomic E-state index is 11.9. The van der Waals surface area contributed by atoms with Crippen LogP contribution < -0.4 is 5.32 Å². The lowest BCUT2D eigenvalue weighted by Crippen LogP contribution is -2.38. The molecule has 18 heavy (non-hydrogen) atoms. The van der Waals surface area contributed by atoms with Gasteiger partial charge in [0.2, 0.25) is 0 Å². The van der Waals surface area contributed by atoms with Gasteiger partial charge in [0.05, 0.1) is 7.11 Å². The van der Waals surface area contributed by atoms with Crippen LogP contribution in [0.5, 0.6) is 0 Å². The van der Waals surface area contributed by atoms with E-state index in [9.17, 15) is 4.79 Å². The molecular weight excluding hydrogens is 246 g/mol. The number of carbonyl (C=O) groups is 1. The zero-order chi connectivity index (χ0) is 13.0. The summed E-state index contributed by atoms with van der Waals surface area (Å²) in [5, 5.41) is 3.35. The first kappa shape index (κ1) is 13.3. The second kappa shape index (κ2) is 6.14. The van der Waals surface area contributed by atoms with E-state index in [2.05, 4.69) is 5.32 Å². The van der Waals surface area contributed by atoms with Crippen LogP contribution in [0.2, 0.25) is 0 Å². The van der Waals surface area contributed by atoms with E-state index in [1.807, 2.05) is 43.0 Å². The molecule has 1 fully saturated rings. The van der Waals surface area contributed by atoms with Crippen molar-refractivity contribution in [3.05, 3.63) is 29.8 Å². The molecule has 4 heteroatoms. The van der Waals surface area contributed by atoms with E-state index in [4.69, 9.17) is 4.74 Å². The van der Waals surface area contributed by atoms with E-state index in [1.165, 1.54) is 7.11 Å². The van der Waals surface area contributed by atoms with Crippen LogP contribution in [0.15, 0.2) is 24.3 Å². The highest BCUT2D eigenvalue weighted by molar-refractivity contribution is 7.99. The van der Waals surface area contributed by atoms with Gasteiger partial charge in [-0.15, -0.1) is 0 Å². The number of rotatable bonds is 4. The minimum absolute atomic E-state index is 0.161. The molecule has 2 rings (SSSR count). The van der Waals surface area contributed by atoms with Crippen LogP contribution in [0, 0.1) is 12.8 Å². The van der Waals surface area contributed by atoms with Gasteiger partial charge in [-0.1, -0.05) is 18.2 Å². The van der Waals surface area contributed by atoms with Gasteiger partial charge in [-0.25, -0.2) is 4.79 Å². The molecule has 0 aliphatic carbocycles. The number of carbonyl (C=O) groups excluding carboxylic acids is 1. The highest BCUT2D eigenvalue weighted by Crippen LogP contribution is 2.29. The van der Waals surface area contributed by atoms with Crippen LogP contribution in [0.25, 0.3) is 0 Å². The number of para-hydroxylation sites is 1. The maximum absolute atomic E-state index is 11.9. The summed E-state index contributed by atoms with van der Waals surface area (Å²) in [5.74, 6) is 2.36. The SMILES string of the molecule is COC(=O)C(Nc1ccccc1C)C1CCSC1. The summed E-state index contributed by atoms with van der Waals surface area (Å²) < 4.78 is 4.93. The van der Waals surface area contributed by atoms with Crippen LogP contribution >= 0.6 is 11.8 Å². The Morgan fingerprint density at radius 3 is 2.89 bits per heavy atom. The number of anilines is 1. The Hall–Kier alpha value is -1.16. The fourth-order valence-corrected chi connectivity index (χ4v) is 3.51. The van der Waals surface area contributed by atoms with E-state index < -0.39 is 0 Å².